The first kappa shape index (κ1) is 22.0. The van der Waals surface area contributed by atoms with Gasteiger partial charge in [-0.3, -0.25) is 9.69 Å². The number of para-hydroxylation sites is 1. The maximum absolute atomic E-state index is 13.9. The van der Waals surface area contributed by atoms with Crippen molar-refractivity contribution in [2.75, 3.05) is 6.54 Å². The molecule has 0 unspecified atom stereocenters. The van der Waals surface area contributed by atoms with E-state index in [1.54, 1.807) is 11.0 Å². The van der Waals surface area contributed by atoms with Crippen molar-refractivity contribution in [2.24, 2.45) is 4.99 Å². The van der Waals surface area contributed by atoms with Gasteiger partial charge in [0.1, 0.15) is 17.3 Å². The van der Waals surface area contributed by atoms with Crippen molar-refractivity contribution in [3.05, 3.63) is 113 Å². The Kier molecular flexibility index (Phi) is 5.49. The number of aliphatic imine (C=N–C) groups is 1. The molecule has 36 heavy (non-hydrogen) atoms. The van der Waals surface area contributed by atoms with Crippen LogP contribution in [0, 0.1) is 5.82 Å². The molecule has 0 saturated carbocycles. The summed E-state index contributed by atoms with van der Waals surface area (Å²) in [5.74, 6) is 0.230. The second-order valence-electron chi connectivity index (χ2n) is 8.93. The predicted molar refractivity (Wildman–Crippen MR) is 142 cm³/mol. The summed E-state index contributed by atoms with van der Waals surface area (Å²) in [5, 5.41) is 1.93. The first-order valence-corrected chi connectivity index (χ1v) is 12.1. The number of halogens is 1. The molecule has 6 heteroatoms. The molecular formula is C30H25FN4O. The topological polar surface area (TPSA) is 53.4 Å². The van der Waals surface area contributed by atoms with E-state index in [1.165, 1.54) is 12.1 Å². The number of hydrogen-bond donors (Lipinski definition) is 1. The van der Waals surface area contributed by atoms with Gasteiger partial charge in [-0.2, -0.15) is 0 Å². The van der Waals surface area contributed by atoms with Crippen LogP contribution in [0.2, 0.25) is 0 Å². The van der Waals surface area contributed by atoms with E-state index in [9.17, 15) is 9.18 Å². The van der Waals surface area contributed by atoms with E-state index in [4.69, 9.17) is 4.99 Å². The average Bonchev–Trinajstić information content (AvgIpc) is 3.57. The molecule has 1 N–H and O–H groups in total. The highest BCUT2D eigenvalue weighted by molar-refractivity contribution is 6.20. The second-order valence-corrected chi connectivity index (χ2v) is 8.93. The lowest BCUT2D eigenvalue weighted by molar-refractivity contribution is -0.122. The number of H-pyrrole nitrogens is 1. The summed E-state index contributed by atoms with van der Waals surface area (Å²) in [7, 11) is 0. The zero-order valence-electron chi connectivity index (χ0n) is 19.9. The molecule has 1 aliphatic heterocycles. The Balaban J connectivity index is 1.37. The number of hydrogen-bond acceptors (Lipinski definition) is 2. The number of nitrogens with zero attached hydrogens (tertiary/aromatic N) is 3. The lowest BCUT2D eigenvalue weighted by Crippen LogP contribution is -2.34. The first-order chi connectivity index (χ1) is 17.6. The molecule has 0 saturated heterocycles. The van der Waals surface area contributed by atoms with E-state index in [0.717, 1.165) is 45.0 Å². The molecule has 0 radical (unpaired) electrons. The van der Waals surface area contributed by atoms with Crippen molar-refractivity contribution in [2.45, 2.75) is 19.9 Å². The van der Waals surface area contributed by atoms with E-state index in [2.05, 4.69) is 34.8 Å². The highest BCUT2D eigenvalue weighted by atomic mass is 19.1. The molecule has 3 aromatic carbocycles. The zero-order valence-corrected chi connectivity index (χ0v) is 19.9. The van der Waals surface area contributed by atoms with Crippen LogP contribution >= 0.6 is 0 Å². The molecule has 0 fully saturated rings. The van der Waals surface area contributed by atoms with Crippen LogP contribution in [-0.4, -0.2) is 32.7 Å². The van der Waals surface area contributed by atoms with Crippen LogP contribution in [0.4, 0.5) is 4.39 Å². The molecule has 178 valence electrons. The molecule has 0 spiro atoms. The average molecular weight is 477 g/mol. The summed E-state index contributed by atoms with van der Waals surface area (Å²) in [6.45, 7) is 3.38. The molecule has 1 aliphatic rings. The highest BCUT2D eigenvalue weighted by Crippen LogP contribution is 2.28. The summed E-state index contributed by atoms with van der Waals surface area (Å²) < 4.78 is 16.0. The molecule has 3 heterocycles. The van der Waals surface area contributed by atoms with E-state index in [0.29, 0.717) is 24.5 Å². The Labute approximate surface area is 208 Å². The number of aromatic amines is 1. The summed E-state index contributed by atoms with van der Waals surface area (Å²) in [4.78, 5) is 23.4. The van der Waals surface area contributed by atoms with Gasteiger partial charge in [0, 0.05) is 58.4 Å². The van der Waals surface area contributed by atoms with Gasteiger partial charge in [0.15, 0.2) is 0 Å². The Hall–Kier alpha value is -4.45. The summed E-state index contributed by atoms with van der Waals surface area (Å²) in [6.07, 6.45) is 6.43. The van der Waals surface area contributed by atoms with Crippen LogP contribution in [0.5, 0.6) is 0 Å². The maximum Gasteiger partial charge on any atom is 0.278 e. The van der Waals surface area contributed by atoms with Gasteiger partial charge in [0.2, 0.25) is 0 Å². The monoisotopic (exact) mass is 476 g/mol. The minimum absolute atomic E-state index is 0.131. The minimum Gasteiger partial charge on any atom is -0.361 e. The number of aromatic nitrogens is 2. The van der Waals surface area contributed by atoms with Gasteiger partial charge in [-0.1, -0.05) is 48.5 Å². The Bertz CT molecular complexity index is 1660. The zero-order chi connectivity index (χ0) is 24.6. The summed E-state index contributed by atoms with van der Waals surface area (Å²) in [6, 6.07) is 22.7. The van der Waals surface area contributed by atoms with Gasteiger partial charge in [0.05, 0.1) is 0 Å². The Morgan fingerprint density at radius 1 is 1.00 bits per heavy atom. The lowest BCUT2D eigenvalue weighted by Gasteiger charge is -2.18. The van der Waals surface area contributed by atoms with Crippen LogP contribution < -0.4 is 0 Å². The van der Waals surface area contributed by atoms with Gasteiger partial charge in [-0.15, -0.1) is 0 Å². The molecule has 1 amide bonds. The van der Waals surface area contributed by atoms with E-state index < -0.39 is 0 Å². The number of amides is 1. The Morgan fingerprint density at radius 2 is 1.81 bits per heavy atom. The van der Waals surface area contributed by atoms with Gasteiger partial charge in [0.25, 0.3) is 5.91 Å². The molecular weight excluding hydrogens is 451 g/mol. The lowest BCUT2D eigenvalue weighted by atomic mass is 10.1. The number of fused-ring (bicyclic) bond motifs is 2. The van der Waals surface area contributed by atoms with Crippen molar-refractivity contribution in [1.29, 1.82) is 0 Å². The minimum atomic E-state index is -0.274. The molecule has 0 atom stereocenters. The van der Waals surface area contributed by atoms with Crippen molar-refractivity contribution < 1.29 is 9.18 Å². The number of carbonyl (C=O) groups excluding carboxylic acids is 1. The predicted octanol–water partition coefficient (Wildman–Crippen LogP) is 6.15. The largest absolute Gasteiger partial charge is 0.361 e. The van der Waals surface area contributed by atoms with Gasteiger partial charge in [-0.05, 0) is 49.2 Å². The number of carbonyl (C=O) groups is 1. The quantitative estimate of drug-likeness (QED) is 0.294. The van der Waals surface area contributed by atoms with Crippen LogP contribution in [0.1, 0.15) is 23.6 Å². The highest BCUT2D eigenvalue weighted by Gasteiger charge is 2.31. The summed E-state index contributed by atoms with van der Waals surface area (Å²) >= 11 is 0. The third kappa shape index (κ3) is 3.81. The molecule has 5 aromatic rings. The van der Waals surface area contributed by atoms with Crippen LogP contribution in [0.25, 0.3) is 27.9 Å². The molecule has 5 nitrogen and oxygen atoms in total. The normalized spacial score (nSPS) is 14.9. The fourth-order valence-corrected chi connectivity index (χ4v) is 4.95. The second kappa shape index (κ2) is 8.96. The van der Waals surface area contributed by atoms with Gasteiger partial charge >= 0.3 is 0 Å². The number of benzene rings is 3. The van der Waals surface area contributed by atoms with E-state index in [-0.39, 0.29) is 11.7 Å². The smallest absolute Gasteiger partial charge is 0.278 e. The van der Waals surface area contributed by atoms with Crippen LogP contribution in [0.3, 0.4) is 0 Å². The summed E-state index contributed by atoms with van der Waals surface area (Å²) in [5.41, 5.74) is 5.25. The van der Waals surface area contributed by atoms with Crippen molar-refractivity contribution in [1.82, 2.24) is 14.5 Å². The standard InChI is InChI=1S/C30H25FN4O/c1-2-34-19-22(24-10-6-7-11-28(24)34)16-27-30(36)35(29(33-27)20-8-4-3-5-9-20)15-14-21-18-32-26-13-12-23(31)17-25(21)26/h3-13,16-19,32H,2,14-15H2,1H3/b27-16+. The molecule has 0 aliphatic carbocycles. The third-order valence-corrected chi connectivity index (χ3v) is 6.76. The van der Waals surface area contributed by atoms with Gasteiger partial charge < -0.3 is 9.55 Å². The molecule has 2 aromatic heterocycles. The van der Waals surface area contributed by atoms with Crippen molar-refractivity contribution >= 4 is 39.6 Å². The van der Waals surface area contributed by atoms with Crippen molar-refractivity contribution in [3.63, 3.8) is 0 Å². The number of nitrogens with one attached hydrogen (secondary N) is 1. The SMILES string of the molecule is CCn1cc(/C=C2/N=C(c3ccccc3)N(CCc3c[nH]c4ccc(F)cc34)C2=O)c2ccccc21. The number of amidine groups is 1. The van der Waals surface area contributed by atoms with Crippen molar-refractivity contribution in [3.8, 4) is 0 Å². The van der Waals surface area contributed by atoms with Crippen LogP contribution in [0.15, 0.2) is 95.9 Å². The van der Waals surface area contributed by atoms with Crippen LogP contribution in [-0.2, 0) is 17.8 Å². The first-order valence-electron chi connectivity index (χ1n) is 12.1. The molecule has 0 bridgehead atoms. The molecule has 6 rings (SSSR count). The third-order valence-electron chi connectivity index (χ3n) is 6.76. The van der Waals surface area contributed by atoms with E-state index >= 15 is 0 Å². The maximum atomic E-state index is 13.9. The number of aryl methyl sites for hydroxylation is 1. The van der Waals surface area contributed by atoms with E-state index in [1.807, 2.05) is 54.7 Å². The fraction of sp³-hybridized carbons (Fsp3) is 0.133. The van der Waals surface area contributed by atoms with Gasteiger partial charge in [-0.25, -0.2) is 9.38 Å². The fourth-order valence-electron chi connectivity index (χ4n) is 4.95. The number of rotatable bonds is 6. The Morgan fingerprint density at radius 3 is 2.64 bits per heavy atom.